The summed E-state index contributed by atoms with van der Waals surface area (Å²) in [6, 6.07) is 6.71. The lowest BCUT2D eigenvalue weighted by Gasteiger charge is -2.29. The largest absolute Gasteiger partial charge is 0.399 e. The number of benzene rings is 1. The standard InChI is InChI=1S/C10H14N2/c1-7-6-8(11)2-3-9(7)10-4-5-12-10/h2-3,6,10,12H,4-5,11H2,1H3. The predicted molar refractivity (Wildman–Crippen MR) is 51.0 cm³/mol. The van der Waals surface area contributed by atoms with Crippen LogP contribution in [0.3, 0.4) is 0 Å². The van der Waals surface area contributed by atoms with Crippen molar-refractivity contribution in [1.82, 2.24) is 5.32 Å². The fraction of sp³-hybridized carbons (Fsp3) is 0.400. The minimum Gasteiger partial charge on any atom is -0.399 e. The molecule has 3 N–H and O–H groups in total. The molecule has 2 nitrogen and oxygen atoms in total. The van der Waals surface area contributed by atoms with Gasteiger partial charge < -0.3 is 11.1 Å². The van der Waals surface area contributed by atoms with E-state index in [1.54, 1.807) is 0 Å². The van der Waals surface area contributed by atoms with Gasteiger partial charge in [-0.05, 0) is 43.1 Å². The maximum absolute atomic E-state index is 5.67. The van der Waals surface area contributed by atoms with Crippen LogP contribution >= 0.6 is 0 Å². The zero-order chi connectivity index (χ0) is 8.55. The number of hydrogen-bond acceptors (Lipinski definition) is 2. The molecule has 1 aliphatic rings. The molecular weight excluding hydrogens is 148 g/mol. The highest BCUT2D eigenvalue weighted by Crippen LogP contribution is 2.26. The normalized spacial score (nSPS) is 21.9. The molecule has 64 valence electrons. The summed E-state index contributed by atoms with van der Waals surface area (Å²) in [5.41, 5.74) is 9.22. The zero-order valence-electron chi connectivity index (χ0n) is 7.30. The maximum Gasteiger partial charge on any atom is 0.0334 e. The van der Waals surface area contributed by atoms with Gasteiger partial charge in [0.2, 0.25) is 0 Å². The van der Waals surface area contributed by atoms with Crippen molar-refractivity contribution >= 4 is 5.69 Å². The van der Waals surface area contributed by atoms with Crippen LogP contribution in [0.2, 0.25) is 0 Å². The monoisotopic (exact) mass is 162 g/mol. The van der Waals surface area contributed by atoms with Crippen LogP contribution in [-0.4, -0.2) is 6.54 Å². The lowest BCUT2D eigenvalue weighted by Crippen LogP contribution is -2.35. The maximum atomic E-state index is 5.67. The third-order valence-corrected chi connectivity index (χ3v) is 2.49. The van der Waals surface area contributed by atoms with Crippen LogP contribution in [0.15, 0.2) is 18.2 Å². The van der Waals surface area contributed by atoms with Crippen LogP contribution in [0.5, 0.6) is 0 Å². The first-order chi connectivity index (χ1) is 5.77. The minimum atomic E-state index is 0.575. The number of anilines is 1. The average molecular weight is 162 g/mol. The highest BCUT2D eigenvalue weighted by Gasteiger charge is 2.19. The summed E-state index contributed by atoms with van der Waals surface area (Å²) in [6.45, 7) is 3.26. The first-order valence-corrected chi connectivity index (χ1v) is 4.37. The van der Waals surface area contributed by atoms with Gasteiger partial charge in [0.15, 0.2) is 0 Å². The average Bonchev–Trinajstić information content (AvgIpc) is 1.91. The van der Waals surface area contributed by atoms with Gasteiger partial charge >= 0.3 is 0 Å². The molecule has 12 heavy (non-hydrogen) atoms. The summed E-state index contributed by atoms with van der Waals surface area (Å²) >= 11 is 0. The van der Waals surface area contributed by atoms with Gasteiger partial charge in [-0.1, -0.05) is 6.07 Å². The van der Waals surface area contributed by atoms with Gasteiger partial charge in [0.25, 0.3) is 0 Å². The Morgan fingerprint density at radius 2 is 2.25 bits per heavy atom. The molecule has 0 bridgehead atoms. The quantitative estimate of drug-likeness (QED) is 0.616. The molecule has 2 heteroatoms. The van der Waals surface area contributed by atoms with Gasteiger partial charge in [-0.25, -0.2) is 0 Å². The molecule has 0 spiro atoms. The Labute approximate surface area is 72.8 Å². The number of nitrogens with two attached hydrogens (primary N) is 1. The third-order valence-electron chi connectivity index (χ3n) is 2.49. The minimum absolute atomic E-state index is 0.575. The Morgan fingerprint density at radius 1 is 1.50 bits per heavy atom. The smallest absolute Gasteiger partial charge is 0.0334 e. The predicted octanol–water partition coefficient (Wildman–Crippen LogP) is 1.61. The van der Waals surface area contributed by atoms with Crippen LogP contribution < -0.4 is 11.1 Å². The molecular formula is C10H14N2. The van der Waals surface area contributed by atoms with Crippen molar-refractivity contribution in [2.75, 3.05) is 12.3 Å². The first-order valence-electron chi connectivity index (χ1n) is 4.37. The Hall–Kier alpha value is -1.02. The van der Waals surface area contributed by atoms with Crippen molar-refractivity contribution < 1.29 is 0 Å². The molecule has 1 saturated heterocycles. The second-order valence-corrected chi connectivity index (χ2v) is 3.41. The Kier molecular flexibility index (Phi) is 1.77. The van der Waals surface area contributed by atoms with Crippen LogP contribution in [0.25, 0.3) is 0 Å². The molecule has 2 rings (SSSR count). The molecule has 1 unspecified atom stereocenters. The second kappa shape index (κ2) is 2.79. The molecule has 0 radical (unpaired) electrons. The second-order valence-electron chi connectivity index (χ2n) is 3.41. The molecule has 0 saturated carbocycles. The van der Waals surface area contributed by atoms with Crippen molar-refractivity contribution in [3.8, 4) is 0 Å². The fourth-order valence-corrected chi connectivity index (χ4v) is 1.64. The van der Waals surface area contributed by atoms with E-state index in [0.29, 0.717) is 6.04 Å². The first kappa shape index (κ1) is 7.62. The van der Waals surface area contributed by atoms with Gasteiger partial charge in [0, 0.05) is 11.7 Å². The van der Waals surface area contributed by atoms with E-state index in [9.17, 15) is 0 Å². The molecule has 1 aliphatic heterocycles. The lowest BCUT2D eigenvalue weighted by atomic mass is 9.94. The summed E-state index contributed by atoms with van der Waals surface area (Å²) in [6.07, 6.45) is 1.25. The highest BCUT2D eigenvalue weighted by molar-refractivity contribution is 5.45. The van der Waals surface area contributed by atoms with Crippen LogP contribution in [-0.2, 0) is 0 Å². The zero-order valence-corrected chi connectivity index (χ0v) is 7.30. The summed E-state index contributed by atoms with van der Waals surface area (Å²) in [5.74, 6) is 0. The SMILES string of the molecule is Cc1cc(N)ccc1C1CCN1. The molecule has 1 fully saturated rings. The number of rotatable bonds is 1. The van der Waals surface area contributed by atoms with Crippen molar-refractivity contribution in [3.63, 3.8) is 0 Å². The number of nitrogens with one attached hydrogen (secondary N) is 1. The number of nitrogen functional groups attached to an aromatic ring is 1. The van der Waals surface area contributed by atoms with Crippen molar-refractivity contribution in [3.05, 3.63) is 29.3 Å². The van der Waals surface area contributed by atoms with E-state index in [0.717, 1.165) is 12.2 Å². The third kappa shape index (κ3) is 1.18. The van der Waals surface area contributed by atoms with Crippen molar-refractivity contribution in [1.29, 1.82) is 0 Å². The fourth-order valence-electron chi connectivity index (χ4n) is 1.64. The van der Waals surface area contributed by atoms with E-state index >= 15 is 0 Å². The van der Waals surface area contributed by atoms with Gasteiger partial charge in [-0.15, -0.1) is 0 Å². The summed E-state index contributed by atoms with van der Waals surface area (Å²) in [4.78, 5) is 0. The van der Waals surface area contributed by atoms with E-state index in [4.69, 9.17) is 5.73 Å². The topological polar surface area (TPSA) is 38.0 Å². The lowest BCUT2D eigenvalue weighted by molar-refractivity contribution is 0.382. The summed E-state index contributed by atoms with van der Waals surface area (Å²) in [5, 5.41) is 3.38. The van der Waals surface area contributed by atoms with Crippen LogP contribution in [0, 0.1) is 6.92 Å². The highest BCUT2D eigenvalue weighted by atomic mass is 15.0. The van der Waals surface area contributed by atoms with Gasteiger partial charge in [0.1, 0.15) is 0 Å². The van der Waals surface area contributed by atoms with Gasteiger partial charge in [0.05, 0.1) is 0 Å². The summed E-state index contributed by atoms with van der Waals surface area (Å²) in [7, 11) is 0. The van der Waals surface area contributed by atoms with Crippen LogP contribution in [0.1, 0.15) is 23.6 Å². The molecule has 1 atom stereocenters. The molecule has 0 aliphatic carbocycles. The van der Waals surface area contributed by atoms with Crippen molar-refractivity contribution in [2.24, 2.45) is 0 Å². The van der Waals surface area contributed by atoms with E-state index in [-0.39, 0.29) is 0 Å². The Bertz CT molecular complexity index is 290. The molecule has 1 heterocycles. The Morgan fingerprint density at radius 3 is 2.75 bits per heavy atom. The molecule has 1 aromatic rings. The van der Waals surface area contributed by atoms with Gasteiger partial charge in [-0.2, -0.15) is 0 Å². The summed E-state index contributed by atoms with van der Waals surface area (Å²) < 4.78 is 0. The van der Waals surface area contributed by atoms with E-state index in [1.165, 1.54) is 17.5 Å². The molecule has 0 amide bonds. The number of aryl methyl sites for hydroxylation is 1. The van der Waals surface area contributed by atoms with Crippen LogP contribution in [0.4, 0.5) is 5.69 Å². The van der Waals surface area contributed by atoms with E-state index in [2.05, 4.69) is 18.3 Å². The number of hydrogen-bond donors (Lipinski definition) is 2. The Balaban J connectivity index is 2.31. The molecule has 0 aromatic heterocycles. The van der Waals surface area contributed by atoms with E-state index in [1.807, 2.05) is 12.1 Å². The van der Waals surface area contributed by atoms with E-state index < -0.39 is 0 Å². The van der Waals surface area contributed by atoms with Gasteiger partial charge in [-0.3, -0.25) is 0 Å². The van der Waals surface area contributed by atoms with Crippen molar-refractivity contribution in [2.45, 2.75) is 19.4 Å². The molecule has 1 aromatic carbocycles.